The van der Waals surface area contributed by atoms with Crippen LogP contribution in [0.5, 0.6) is 5.75 Å². The molecule has 2 aromatic rings. The Hall–Kier alpha value is -3.09. The second-order valence-electron chi connectivity index (χ2n) is 6.78. The summed E-state index contributed by atoms with van der Waals surface area (Å²) >= 11 is 0. The van der Waals surface area contributed by atoms with Crippen molar-refractivity contribution in [3.8, 4) is 5.75 Å². The van der Waals surface area contributed by atoms with Gasteiger partial charge in [0.1, 0.15) is 17.6 Å². The quantitative estimate of drug-likeness (QED) is 0.819. The highest BCUT2D eigenvalue weighted by Crippen LogP contribution is 2.18. The van der Waals surface area contributed by atoms with Crippen molar-refractivity contribution in [1.82, 2.24) is 15.2 Å². The molecule has 0 radical (unpaired) electrons. The standard InChI is InChI=1S/C21H26N4O3/c1-16(23-20(26)15-17-7-3-4-8-18(17)28-2)21(27)25-13-11-24(12-14-25)19-9-5-6-10-22-19/h3-10,16H,11-15H2,1-2H3,(H,23,26). The molecule has 0 aliphatic carbocycles. The summed E-state index contributed by atoms with van der Waals surface area (Å²) in [6.07, 6.45) is 1.95. The van der Waals surface area contributed by atoms with E-state index in [1.54, 1.807) is 25.1 Å². The first kappa shape index (κ1) is 19.7. The molecule has 28 heavy (non-hydrogen) atoms. The van der Waals surface area contributed by atoms with Crippen molar-refractivity contribution in [3.63, 3.8) is 0 Å². The van der Waals surface area contributed by atoms with Crippen LogP contribution < -0.4 is 15.0 Å². The molecule has 1 saturated heterocycles. The zero-order valence-corrected chi connectivity index (χ0v) is 16.3. The average molecular weight is 382 g/mol. The third-order valence-electron chi connectivity index (χ3n) is 4.86. The molecule has 148 valence electrons. The van der Waals surface area contributed by atoms with E-state index in [0.29, 0.717) is 18.8 Å². The number of nitrogens with one attached hydrogen (secondary N) is 1. The van der Waals surface area contributed by atoms with Crippen LogP contribution >= 0.6 is 0 Å². The fraction of sp³-hybridized carbons (Fsp3) is 0.381. The first-order valence-electron chi connectivity index (χ1n) is 9.44. The number of amides is 2. The lowest BCUT2D eigenvalue weighted by atomic mass is 10.1. The summed E-state index contributed by atoms with van der Waals surface area (Å²) in [6, 6.07) is 12.6. The molecule has 2 amide bonds. The van der Waals surface area contributed by atoms with Gasteiger partial charge in [0.15, 0.2) is 0 Å². The molecule has 1 atom stereocenters. The minimum atomic E-state index is -0.566. The van der Waals surface area contributed by atoms with E-state index in [0.717, 1.165) is 24.5 Å². The predicted octanol–water partition coefficient (Wildman–Crippen LogP) is 1.49. The van der Waals surface area contributed by atoms with Gasteiger partial charge >= 0.3 is 0 Å². The molecular weight excluding hydrogens is 356 g/mol. The third-order valence-corrected chi connectivity index (χ3v) is 4.86. The number of pyridine rings is 1. The van der Waals surface area contributed by atoms with Crippen LogP contribution in [0.3, 0.4) is 0 Å². The number of rotatable bonds is 6. The Labute approximate surface area is 165 Å². The SMILES string of the molecule is COc1ccccc1CC(=O)NC(C)C(=O)N1CCN(c2ccccn2)CC1. The number of piperazine rings is 1. The number of hydrogen-bond acceptors (Lipinski definition) is 5. The molecule has 0 saturated carbocycles. The lowest BCUT2D eigenvalue weighted by molar-refractivity contribution is -0.136. The fourth-order valence-electron chi connectivity index (χ4n) is 3.35. The first-order chi connectivity index (χ1) is 13.6. The minimum absolute atomic E-state index is 0.0611. The van der Waals surface area contributed by atoms with E-state index in [2.05, 4.69) is 15.2 Å². The van der Waals surface area contributed by atoms with E-state index >= 15 is 0 Å². The molecule has 1 aromatic heterocycles. The van der Waals surface area contributed by atoms with Crippen molar-refractivity contribution in [2.45, 2.75) is 19.4 Å². The number of carbonyl (C=O) groups excluding carboxylic acids is 2. The molecule has 1 aliphatic heterocycles. The van der Waals surface area contributed by atoms with E-state index in [1.807, 2.05) is 42.5 Å². The number of aromatic nitrogens is 1. The Kier molecular flexibility index (Phi) is 6.47. The van der Waals surface area contributed by atoms with Crippen LogP contribution in [0.15, 0.2) is 48.7 Å². The van der Waals surface area contributed by atoms with Crippen LogP contribution in [-0.2, 0) is 16.0 Å². The number of ether oxygens (including phenoxy) is 1. The van der Waals surface area contributed by atoms with E-state index in [-0.39, 0.29) is 18.2 Å². The second kappa shape index (κ2) is 9.21. The molecule has 0 spiro atoms. The number of carbonyl (C=O) groups is 2. The van der Waals surface area contributed by atoms with Crippen molar-refractivity contribution >= 4 is 17.6 Å². The summed E-state index contributed by atoms with van der Waals surface area (Å²) < 4.78 is 5.28. The zero-order chi connectivity index (χ0) is 19.9. The summed E-state index contributed by atoms with van der Waals surface area (Å²) in [5, 5.41) is 2.81. The summed E-state index contributed by atoms with van der Waals surface area (Å²) in [6.45, 7) is 4.41. The fourth-order valence-corrected chi connectivity index (χ4v) is 3.35. The molecule has 1 aromatic carbocycles. The van der Waals surface area contributed by atoms with Gasteiger partial charge in [-0.2, -0.15) is 0 Å². The summed E-state index contributed by atoms with van der Waals surface area (Å²) in [5.74, 6) is 1.33. The molecule has 2 heterocycles. The van der Waals surface area contributed by atoms with Gasteiger partial charge in [0.2, 0.25) is 11.8 Å². The molecule has 1 fully saturated rings. The maximum absolute atomic E-state index is 12.7. The van der Waals surface area contributed by atoms with Gasteiger partial charge in [-0.3, -0.25) is 9.59 Å². The smallest absolute Gasteiger partial charge is 0.244 e. The van der Waals surface area contributed by atoms with Crippen LogP contribution in [0.1, 0.15) is 12.5 Å². The largest absolute Gasteiger partial charge is 0.496 e. The van der Waals surface area contributed by atoms with Crippen molar-refractivity contribution in [3.05, 3.63) is 54.2 Å². The Morgan fingerprint density at radius 3 is 2.50 bits per heavy atom. The number of para-hydroxylation sites is 1. The van der Waals surface area contributed by atoms with E-state index in [9.17, 15) is 9.59 Å². The Morgan fingerprint density at radius 1 is 1.11 bits per heavy atom. The maximum atomic E-state index is 12.7. The van der Waals surface area contributed by atoms with Crippen LogP contribution in [0.25, 0.3) is 0 Å². The van der Waals surface area contributed by atoms with Gasteiger partial charge in [0.05, 0.1) is 13.5 Å². The van der Waals surface area contributed by atoms with Gasteiger partial charge in [-0.05, 0) is 25.1 Å². The number of benzene rings is 1. The maximum Gasteiger partial charge on any atom is 0.244 e. The van der Waals surface area contributed by atoms with E-state index in [4.69, 9.17) is 4.74 Å². The number of nitrogens with zero attached hydrogens (tertiary/aromatic N) is 3. The monoisotopic (exact) mass is 382 g/mol. The summed E-state index contributed by atoms with van der Waals surface area (Å²) in [7, 11) is 1.58. The zero-order valence-electron chi connectivity index (χ0n) is 16.3. The van der Waals surface area contributed by atoms with Gasteiger partial charge < -0.3 is 19.9 Å². The summed E-state index contributed by atoms with van der Waals surface area (Å²) in [5.41, 5.74) is 0.797. The minimum Gasteiger partial charge on any atom is -0.496 e. The molecule has 7 nitrogen and oxygen atoms in total. The second-order valence-corrected chi connectivity index (χ2v) is 6.78. The Balaban J connectivity index is 1.50. The van der Waals surface area contributed by atoms with Crippen molar-refractivity contribution in [1.29, 1.82) is 0 Å². The molecular formula is C21H26N4O3. The Morgan fingerprint density at radius 2 is 1.82 bits per heavy atom. The normalized spacial score (nSPS) is 15.1. The highest BCUT2D eigenvalue weighted by Gasteiger charge is 2.26. The van der Waals surface area contributed by atoms with Crippen molar-refractivity contribution in [2.24, 2.45) is 0 Å². The third kappa shape index (κ3) is 4.79. The van der Waals surface area contributed by atoms with Crippen LogP contribution in [0, 0.1) is 0 Å². The molecule has 1 aliphatic rings. The molecule has 0 bridgehead atoms. The summed E-state index contributed by atoms with van der Waals surface area (Å²) in [4.78, 5) is 33.4. The average Bonchev–Trinajstić information content (AvgIpc) is 2.74. The first-order valence-corrected chi connectivity index (χ1v) is 9.44. The highest BCUT2D eigenvalue weighted by molar-refractivity contribution is 5.88. The molecule has 1 unspecified atom stereocenters. The van der Waals surface area contributed by atoms with E-state index in [1.165, 1.54) is 0 Å². The number of hydrogen-bond donors (Lipinski definition) is 1. The highest BCUT2D eigenvalue weighted by atomic mass is 16.5. The van der Waals surface area contributed by atoms with Crippen LogP contribution in [0.2, 0.25) is 0 Å². The predicted molar refractivity (Wildman–Crippen MR) is 107 cm³/mol. The van der Waals surface area contributed by atoms with Gasteiger partial charge in [-0.15, -0.1) is 0 Å². The van der Waals surface area contributed by atoms with Crippen molar-refractivity contribution in [2.75, 3.05) is 38.2 Å². The van der Waals surface area contributed by atoms with Gasteiger partial charge in [0.25, 0.3) is 0 Å². The lowest BCUT2D eigenvalue weighted by Gasteiger charge is -2.36. The number of anilines is 1. The molecule has 7 heteroatoms. The number of methoxy groups -OCH3 is 1. The van der Waals surface area contributed by atoms with Crippen LogP contribution in [-0.4, -0.2) is 61.0 Å². The van der Waals surface area contributed by atoms with Gasteiger partial charge in [-0.25, -0.2) is 4.98 Å². The topological polar surface area (TPSA) is 74.8 Å². The molecule has 1 N–H and O–H groups in total. The lowest BCUT2D eigenvalue weighted by Crippen LogP contribution is -2.54. The van der Waals surface area contributed by atoms with Gasteiger partial charge in [0, 0.05) is 37.9 Å². The van der Waals surface area contributed by atoms with Crippen molar-refractivity contribution < 1.29 is 14.3 Å². The van der Waals surface area contributed by atoms with E-state index < -0.39 is 6.04 Å². The Bertz CT molecular complexity index is 804. The molecule has 3 rings (SSSR count). The van der Waals surface area contributed by atoms with Gasteiger partial charge in [-0.1, -0.05) is 24.3 Å². The van der Waals surface area contributed by atoms with Crippen LogP contribution in [0.4, 0.5) is 5.82 Å².